The summed E-state index contributed by atoms with van der Waals surface area (Å²) in [6.45, 7) is 2.21. The van der Waals surface area contributed by atoms with Gasteiger partial charge in [-0.2, -0.15) is 8.42 Å². The molecule has 2 aliphatic rings. The SMILES string of the molecule is CS(=O)(=O)O[C@@H]1C[C@@H](C(=O)N2CCN(CCO)CC2)N(C(=O)OCc2ccc([N+](=O)[O-])cc2)C1. The summed E-state index contributed by atoms with van der Waals surface area (Å²) in [5, 5.41) is 19.9. The maximum absolute atomic E-state index is 13.2. The van der Waals surface area contributed by atoms with Crippen LogP contribution in [0, 0.1) is 10.1 Å². The summed E-state index contributed by atoms with van der Waals surface area (Å²) in [6, 6.07) is 4.55. The lowest BCUT2D eigenvalue weighted by Crippen LogP contribution is -2.54. The van der Waals surface area contributed by atoms with E-state index in [0.717, 1.165) is 6.26 Å². The molecule has 13 nitrogen and oxygen atoms in total. The lowest BCUT2D eigenvalue weighted by atomic mass is 10.1. The van der Waals surface area contributed by atoms with E-state index in [0.29, 0.717) is 38.3 Å². The van der Waals surface area contributed by atoms with Crippen molar-refractivity contribution in [1.82, 2.24) is 14.7 Å². The quantitative estimate of drug-likeness (QED) is 0.287. The molecule has 0 radical (unpaired) electrons. The predicted octanol–water partition coefficient (Wildman–Crippen LogP) is -0.213. The Kier molecular flexibility index (Phi) is 8.41. The monoisotopic (exact) mass is 500 g/mol. The Morgan fingerprint density at radius 3 is 2.38 bits per heavy atom. The van der Waals surface area contributed by atoms with Gasteiger partial charge in [0.1, 0.15) is 12.6 Å². The molecule has 1 aromatic rings. The van der Waals surface area contributed by atoms with E-state index in [9.17, 15) is 28.1 Å². The third-order valence-corrected chi connectivity index (χ3v) is 6.32. The molecule has 2 aliphatic heterocycles. The Morgan fingerprint density at radius 1 is 1.18 bits per heavy atom. The number of ether oxygens (including phenoxy) is 1. The lowest BCUT2D eigenvalue weighted by molar-refractivity contribution is -0.384. The molecule has 0 spiro atoms. The first-order valence-electron chi connectivity index (χ1n) is 10.7. The average Bonchev–Trinajstić information content (AvgIpc) is 3.20. The van der Waals surface area contributed by atoms with Crippen molar-refractivity contribution in [3.8, 4) is 0 Å². The summed E-state index contributed by atoms with van der Waals surface area (Å²) in [7, 11) is -3.80. The predicted molar refractivity (Wildman–Crippen MR) is 118 cm³/mol. The van der Waals surface area contributed by atoms with Crippen LogP contribution >= 0.6 is 0 Å². The summed E-state index contributed by atoms with van der Waals surface area (Å²) >= 11 is 0. The smallest absolute Gasteiger partial charge is 0.410 e. The van der Waals surface area contributed by atoms with E-state index in [1.165, 1.54) is 29.2 Å². The normalized spacial score (nSPS) is 21.5. The highest BCUT2D eigenvalue weighted by molar-refractivity contribution is 7.86. The number of hydrogen-bond acceptors (Lipinski definition) is 10. The maximum Gasteiger partial charge on any atom is 0.410 e. The third-order valence-electron chi connectivity index (χ3n) is 5.70. The van der Waals surface area contributed by atoms with Crippen LogP contribution in [0.25, 0.3) is 0 Å². The van der Waals surface area contributed by atoms with Crippen molar-refractivity contribution >= 4 is 27.8 Å². The first kappa shape index (κ1) is 25.8. The van der Waals surface area contributed by atoms with Crippen LogP contribution in [0.4, 0.5) is 10.5 Å². The Hall–Kier alpha value is -2.81. The highest BCUT2D eigenvalue weighted by Crippen LogP contribution is 2.25. The largest absolute Gasteiger partial charge is 0.445 e. The van der Waals surface area contributed by atoms with Gasteiger partial charge in [0.05, 0.1) is 30.4 Å². The number of non-ortho nitro benzene ring substituents is 1. The minimum Gasteiger partial charge on any atom is -0.445 e. The molecule has 2 amide bonds. The molecule has 0 aromatic heterocycles. The number of carbonyl (C=O) groups is 2. The van der Waals surface area contributed by atoms with Crippen molar-refractivity contribution in [2.45, 2.75) is 25.2 Å². The van der Waals surface area contributed by atoms with E-state index >= 15 is 0 Å². The van der Waals surface area contributed by atoms with Crippen LogP contribution in [0.3, 0.4) is 0 Å². The number of likely N-dealkylation sites (tertiary alicyclic amines) is 1. The topological polar surface area (TPSA) is 160 Å². The van der Waals surface area contributed by atoms with Crippen LogP contribution in [0.2, 0.25) is 0 Å². The summed E-state index contributed by atoms with van der Waals surface area (Å²) in [5.41, 5.74) is 0.421. The number of hydrogen-bond donors (Lipinski definition) is 1. The maximum atomic E-state index is 13.2. The van der Waals surface area contributed by atoms with Gasteiger partial charge in [0, 0.05) is 51.3 Å². The van der Waals surface area contributed by atoms with Gasteiger partial charge in [-0.25, -0.2) is 4.79 Å². The number of amides is 2. The fourth-order valence-corrected chi connectivity index (χ4v) is 4.67. The van der Waals surface area contributed by atoms with Crippen LogP contribution < -0.4 is 0 Å². The van der Waals surface area contributed by atoms with Gasteiger partial charge in [-0.15, -0.1) is 0 Å². The van der Waals surface area contributed by atoms with Crippen molar-refractivity contribution in [2.24, 2.45) is 0 Å². The number of aliphatic hydroxyl groups excluding tert-OH is 1. The molecular formula is C20H28N4O9S. The van der Waals surface area contributed by atoms with Crippen molar-refractivity contribution < 1.29 is 37.0 Å². The van der Waals surface area contributed by atoms with Crippen molar-refractivity contribution in [3.63, 3.8) is 0 Å². The van der Waals surface area contributed by atoms with Gasteiger partial charge in [0.2, 0.25) is 5.91 Å². The van der Waals surface area contributed by atoms with E-state index in [-0.39, 0.29) is 37.8 Å². The molecule has 2 heterocycles. The summed E-state index contributed by atoms with van der Waals surface area (Å²) in [6.07, 6.45) is -0.781. The molecule has 1 aromatic carbocycles. The minimum atomic E-state index is -3.80. The molecule has 14 heteroatoms. The molecule has 34 heavy (non-hydrogen) atoms. The summed E-state index contributed by atoms with van der Waals surface area (Å²) < 4.78 is 33.6. The van der Waals surface area contributed by atoms with Gasteiger partial charge >= 0.3 is 6.09 Å². The van der Waals surface area contributed by atoms with Gasteiger partial charge in [-0.1, -0.05) is 0 Å². The average molecular weight is 501 g/mol. The minimum absolute atomic E-state index is 0.00931. The van der Waals surface area contributed by atoms with Gasteiger partial charge in [0.25, 0.3) is 15.8 Å². The van der Waals surface area contributed by atoms with Crippen LogP contribution in [0.15, 0.2) is 24.3 Å². The van der Waals surface area contributed by atoms with E-state index < -0.39 is 33.3 Å². The Labute approximate surface area is 197 Å². The van der Waals surface area contributed by atoms with Gasteiger partial charge < -0.3 is 14.7 Å². The van der Waals surface area contributed by atoms with Crippen molar-refractivity contribution in [1.29, 1.82) is 0 Å². The molecule has 2 atom stereocenters. The zero-order chi connectivity index (χ0) is 24.9. The molecule has 188 valence electrons. The number of β-amino-alcohol motifs (C(OH)–C–C–N with tert-alkyl or cyclic N) is 1. The number of piperazine rings is 1. The van der Waals surface area contributed by atoms with E-state index in [2.05, 4.69) is 0 Å². The van der Waals surface area contributed by atoms with Gasteiger partial charge in [-0.3, -0.25) is 28.9 Å². The standard InChI is InChI=1S/C20H28N4O9S/c1-34(30,31)33-17-12-18(19(26)22-8-6-21(7-9-22)10-11-25)23(13-17)20(27)32-14-15-2-4-16(5-3-15)24(28)29/h2-5,17-18,25H,6-14H2,1H3/t17-,18+/m1/s1. The molecule has 0 unspecified atom stereocenters. The summed E-state index contributed by atoms with van der Waals surface area (Å²) in [4.78, 5) is 41.1. The Balaban J connectivity index is 1.66. The first-order chi connectivity index (χ1) is 16.1. The molecular weight excluding hydrogens is 472 g/mol. The molecule has 0 aliphatic carbocycles. The van der Waals surface area contributed by atoms with Crippen molar-refractivity contribution in [3.05, 3.63) is 39.9 Å². The lowest BCUT2D eigenvalue weighted by Gasteiger charge is -2.36. The fraction of sp³-hybridized carbons (Fsp3) is 0.600. The van der Waals surface area contributed by atoms with E-state index in [1.54, 1.807) is 4.90 Å². The molecule has 0 bridgehead atoms. The number of nitro benzene ring substituents is 1. The second kappa shape index (κ2) is 11.1. The number of nitro groups is 1. The van der Waals surface area contributed by atoms with Crippen LogP contribution in [0.5, 0.6) is 0 Å². The first-order valence-corrected chi connectivity index (χ1v) is 12.6. The van der Waals surface area contributed by atoms with Gasteiger partial charge in [0.15, 0.2) is 0 Å². The number of benzene rings is 1. The van der Waals surface area contributed by atoms with Crippen LogP contribution in [0.1, 0.15) is 12.0 Å². The third kappa shape index (κ3) is 6.85. The number of nitrogens with zero attached hydrogens (tertiary/aromatic N) is 4. The Bertz CT molecular complexity index is 994. The van der Waals surface area contributed by atoms with E-state index in [1.807, 2.05) is 4.90 Å². The molecule has 3 rings (SSSR count). The molecule has 0 saturated carbocycles. The highest BCUT2D eigenvalue weighted by atomic mass is 32.2. The molecule has 2 saturated heterocycles. The Morgan fingerprint density at radius 2 is 1.82 bits per heavy atom. The fourth-order valence-electron chi connectivity index (χ4n) is 4.04. The van der Waals surface area contributed by atoms with E-state index in [4.69, 9.17) is 14.0 Å². The number of rotatable bonds is 8. The summed E-state index contributed by atoms with van der Waals surface area (Å²) in [5.74, 6) is -0.324. The second-order valence-electron chi connectivity index (χ2n) is 8.19. The molecule has 1 N–H and O–H groups in total. The van der Waals surface area contributed by atoms with Crippen LogP contribution in [-0.2, 0) is 30.4 Å². The van der Waals surface area contributed by atoms with Crippen LogP contribution in [-0.4, -0.2) is 109 Å². The zero-order valence-corrected chi connectivity index (χ0v) is 19.6. The molecule has 2 fully saturated rings. The second-order valence-corrected chi connectivity index (χ2v) is 9.80. The van der Waals surface area contributed by atoms with Gasteiger partial charge in [-0.05, 0) is 17.7 Å². The van der Waals surface area contributed by atoms with Crippen molar-refractivity contribution in [2.75, 3.05) is 52.1 Å². The highest BCUT2D eigenvalue weighted by Gasteiger charge is 2.44. The number of carbonyl (C=O) groups excluding carboxylic acids is 2. The number of aliphatic hydroxyl groups is 1. The zero-order valence-electron chi connectivity index (χ0n) is 18.7.